The first-order valence-electron chi connectivity index (χ1n) is 9.43. The Bertz CT molecular complexity index is 923. The standard InChI is InChI=1S/C20H24N2O3S2.H2/c1-27(24,25)16-9-7-15(8-10-16)20(18(23)22-19-21-11-12-26-19)13-17(20)14-5-3-2-4-6-14;/h7-12,14,17H,2-6,13H2,1H3,(H,21,22,23);1H/t17-,20-;/m0./s1. The van der Waals surface area contributed by atoms with Crippen LogP contribution < -0.4 is 5.32 Å². The summed E-state index contributed by atoms with van der Waals surface area (Å²) >= 11 is 1.41. The van der Waals surface area contributed by atoms with E-state index in [1.165, 1.54) is 49.7 Å². The van der Waals surface area contributed by atoms with E-state index in [4.69, 9.17) is 0 Å². The maximum Gasteiger partial charge on any atom is 0.237 e. The molecule has 2 fully saturated rings. The number of thiazole rings is 1. The normalized spacial score (nSPS) is 25.9. The Hall–Kier alpha value is -1.73. The van der Waals surface area contributed by atoms with Gasteiger partial charge in [0.1, 0.15) is 0 Å². The van der Waals surface area contributed by atoms with Crippen LogP contribution in [0.5, 0.6) is 0 Å². The molecule has 0 bridgehead atoms. The summed E-state index contributed by atoms with van der Waals surface area (Å²) in [6.07, 6.45) is 9.82. The monoisotopic (exact) mass is 406 g/mol. The fourth-order valence-corrected chi connectivity index (χ4v) is 5.77. The van der Waals surface area contributed by atoms with Gasteiger partial charge in [0.2, 0.25) is 5.91 Å². The number of amides is 1. The molecule has 1 N–H and O–H groups in total. The van der Waals surface area contributed by atoms with E-state index in [0.29, 0.717) is 17.0 Å². The van der Waals surface area contributed by atoms with Crippen LogP contribution in [0.2, 0.25) is 0 Å². The van der Waals surface area contributed by atoms with E-state index in [2.05, 4.69) is 10.3 Å². The van der Waals surface area contributed by atoms with E-state index < -0.39 is 15.3 Å². The minimum atomic E-state index is -3.25. The van der Waals surface area contributed by atoms with Crippen LogP contribution in [0, 0.1) is 11.8 Å². The summed E-state index contributed by atoms with van der Waals surface area (Å²) in [5, 5.41) is 5.44. The first kappa shape index (κ1) is 18.6. The zero-order chi connectivity index (χ0) is 19.1. The van der Waals surface area contributed by atoms with E-state index in [1.807, 2.05) is 17.5 Å². The van der Waals surface area contributed by atoms with Crippen molar-refractivity contribution >= 4 is 32.2 Å². The van der Waals surface area contributed by atoms with Gasteiger partial charge in [-0.05, 0) is 36.0 Å². The number of carbonyl (C=O) groups is 1. The number of nitrogens with zero attached hydrogens (tertiary/aromatic N) is 1. The summed E-state index contributed by atoms with van der Waals surface area (Å²) in [5.41, 5.74) is 0.350. The van der Waals surface area contributed by atoms with E-state index in [9.17, 15) is 13.2 Å². The van der Waals surface area contributed by atoms with Gasteiger partial charge in [0.25, 0.3) is 0 Å². The molecule has 2 saturated carbocycles. The average molecular weight is 407 g/mol. The summed E-state index contributed by atoms with van der Waals surface area (Å²) in [4.78, 5) is 17.7. The summed E-state index contributed by atoms with van der Waals surface area (Å²) in [6.45, 7) is 0. The molecule has 1 heterocycles. The van der Waals surface area contributed by atoms with Gasteiger partial charge in [0, 0.05) is 19.3 Å². The second-order valence-corrected chi connectivity index (χ2v) is 10.7. The van der Waals surface area contributed by atoms with Crippen LogP contribution >= 0.6 is 11.3 Å². The van der Waals surface area contributed by atoms with E-state index in [1.54, 1.807) is 18.3 Å². The molecule has 0 aliphatic heterocycles. The number of rotatable bonds is 5. The van der Waals surface area contributed by atoms with Crippen molar-refractivity contribution in [3.63, 3.8) is 0 Å². The lowest BCUT2D eigenvalue weighted by molar-refractivity contribution is -0.119. The van der Waals surface area contributed by atoms with E-state index in [-0.39, 0.29) is 12.2 Å². The van der Waals surface area contributed by atoms with Gasteiger partial charge in [-0.3, -0.25) is 4.79 Å². The highest BCUT2D eigenvalue weighted by atomic mass is 32.2. The summed E-state index contributed by atoms with van der Waals surface area (Å²) in [6, 6.07) is 6.89. The molecule has 0 unspecified atom stereocenters. The quantitative estimate of drug-likeness (QED) is 0.804. The smallest absolute Gasteiger partial charge is 0.237 e. The summed E-state index contributed by atoms with van der Waals surface area (Å²) in [7, 11) is -3.25. The van der Waals surface area contributed by atoms with Gasteiger partial charge in [-0.25, -0.2) is 13.4 Å². The lowest BCUT2D eigenvalue weighted by atomic mass is 9.80. The lowest BCUT2D eigenvalue weighted by Crippen LogP contribution is -2.32. The van der Waals surface area contributed by atoms with Crippen LogP contribution in [0.3, 0.4) is 0 Å². The molecule has 0 saturated heterocycles. The summed E-state index contributed by atoms with van der Waals surface area (Å²) < 4.78 is 23.6. The molecule has 7 heteroatoms. The number of aromatic nitrogens is 1. The Morgan fingerprint density at radius 1 is 1.22 bits per heavy atom. The number of hydrogen-bond donors (Lipinski definition) is 1. The molecule has 0 spiro atoms. The second-order valence-electron chi connectivity index (χ2n) is 7.77. The number of benzene rings is 1. The van der Waals surface area contributed by atoms with Crippen molar-refractivity contribution in [1.82, 2.24) is 4.98 Å². The van der Waals surface area contributed by atoms with Crippen LogP contribution in [-0.4, -0.2) is 25.6 Å². The molecule has 1 aromatic carbocycles. The summed E-state index contributed by atoms with van der Waals surface area (Å²) in [5.74, 6) is 0.873. The molecular weight excluding hydrogens is 380 g/mol. The third-order valence-corrected chi connectivity index (χ3v) is 7.91. The maximum absolute atomic E-state index is 13.3. The lowest BCUT2D eigenvalue weighted by Gasteiger charge is -2.25. The highest BCUT2D eigenvalue weighted by Gasteiger charge is 2.63. The molecule has 0 radical (unpaired) electrons. The van der Waals surface area contributed by atoms with Crippen LogP contribution in [0.15, 0.2) is 40.7 Å². The van der Waals surface area contributed by atoms with Crippen molar-refractivity contribution in [2.24, 2.45) is 11.8 Å². The van der Waals surface area contributed by atoms with Crippen LogP contribution in [0.25, 0.3) is 0 Å². The fraction of sp³-hybridized carbons (Fsp3) is 0.500. The van der Waals surface area contributed by atoms with E-state index in [0.717, 1.165) is 12.0 Å². The molecular formula is C20H26N2O3S2. The van der Waals surface area contributed by atoms with Gasteiger partial charge in [0.05, 0.1) is 10.3 Å². The van der Waals surface area contributed by atoms with Crippen molar-refractivity contribution in [3.8, 4) is 0 Å². The SMILES string of the molecule is CS(=O)(=O)c1ccc([C@@]2(C(=O)Nc3nccs3)C[C@H]2C2CCCCC2)cc1.[HH]. The molecule has 2 atom stereocenters. The Kier molecular flexibility index (Phi) is 4.84. The number of anilines is 1. The molecule has 27 heavy (non-hydrogen) atoms. The first-order valence-corrected chi connectivity index (χ1v) is 12.2. The molecule has 146 valence electrons. The minimum absolute atomic E-state index is 0. The van der Waals surface area contributed by atoms with Gasteiger partial charge in [-0.2, -0.15) is 0 Å². The largest absolute Gasteiger partial charge is 0.301 e. The molecule has 4 rings (SSSR count). The Morgan fingerprint density at radius 3 is 2.52 bits per heavy atom. The zero-order valence-corrected chi connectivity index (χ0v) is 17.0. The van der Waals surface area contributed by atoms with Gasteiger partial charge >= 0.3 is 0 Å². The number of hydrogen-bond acceptors (Lipinski definition) is 5. The number of nitrogens with one attached hydrogen (secondary N) is 1. The van der Waals surface area contributed by atoms with Crippen molar-refractivity contribution in [2.45, 2.75) is 48.8 Å². The predicted molar refractivity (Wildman–Crippen MR) is 109 cm³/mol. The maximum atomic E-state index is 13.3. The third kappa shape index (κ3) is 3.55. The van der Waals surface area contributed by atoms with Gasteiger partial charge in [-0.1, -0.05) is 44.2 Å². The Balaban J connectivity index is 0.00000225. The molecule has 2 aromatic rings. The zero-order valence-electron chi connectivity index (χ0n) is 15.3. The average Bonchev–Trinajstić information content (AvgIpc) is 3.23. The highest BCUT2D eigenvalue weighted by molar-refractivity contribution is 7.90. The van der Waals surface area contributed by atoms with Crippen LogP contribution in [-0.2, 0) is 20.0 Å². The highest BCUT2D eigenvalue weighted by Crippen LogP contribution is 2.61. The molecule has 1 amide bonds. The predicted octanol–water partition coefficient (Wildman–Crippen LogP) is 4.27. The Labute approximate surface area is 165 Å². The molecule has 1 aromatic heterocycles. The van der Waals surface area contributed by atoms with Crippen LogP contribution in [0.4, 0.5) is 5.13 Å². The van der Waals surface area contributed by atoms with Gasteiger partial charge in [-0.15, -0.1) is 11.3 Å². The van der Waals surface area contributed by atoms with Crippen LogP contribution in [0.1, 0.15) is 45.5 Å². The fourth-order valence-electron chi connectivity index (χ4n) is 4.61. The third-order valence-electron chi connectivity index (χ3n) is 6.09. The molecule has 2 aliphatic carbocycles. The second kappa shape index (κ2) is 7.02. The van der Waals surface area contributed by atoms with Gasteiger partial charge in [0.15, 0.2) is 15.0 Å². The minimum Gasteiger partial charge on any atom is -0.301 e. The van der Waals surface area contributed by atoms with Gasteiger partial charge < -0.3 is 5.32 Å². The van der Waals surface area contributed by atoms with Crippen molar-refractivity contribution in [3.05, 3.63) is 41.4 Å². The topological polar surface area (TPSA) is 76.1 Å². The molecule has 5 nitrogen and oxygen atoms in total. The van der Waals surface area contributed by atoms with Crippen molar-refractivity contribution in [1.29, 1.82) is 0 Å². The van der Waals surface area contributed by atoms with E-state index >= 15 is 0 Å². The first-order chi connectivity index (χ1) is 12.9. The number of carbonyl (C=O) groups excluding carboxylic acids is 1. The molecule has 2 aliphatic rings. The van der Waals surface area contributed by atoms with Crippen molar-refractivity contribution in [2.75, 3.05) is 11.6 Å². The number of sulfone groups is 1. The van der Waals surface area contributed by atoms with Crippen molar-refractivity contribution < 1.29 is 14.6 Å². The Morgan fingerprint density at radius 2 is 1.93 bits per heavy atom.